The Hall–Kier alpha value is -1.98. The molecule has 0 saturated heterocycles. The van der Waals surface area contributed by atoms with E-state index in [1.807, 2.05) is 19.1 Å². The van der Waals surface area contributed by atoms with E-state index in [1.54, 1.807) is 25.5 Å². The minimum atomic E-state index is -0.0908. The molecular formula is C16H19ClN2O3. The smallest absolute Gasteiger partial charge is 0.225 e. The third-order valence-electron chi connectivity index (χ3n) is 3.16. The van der Waals surface area contributed by atoms with Crippen molar-refractivity contribution in [2.24, 2.45) is 0 Å². The Morgan fingerprint density at radius 2 is 2.23 bits per heavy atom. The molecule has 0 fully saturated rings. The van der Waals surface area contributed by atoms with Gasteiger partial charge in [0.1, 0.15) is 11.5 Å². The number of methoxy groups -OCH3 is 1. The van der Waals surface area contributed by atoms with Gasteiger partial charge in [0, 0.05) is 24.1 Å². The molecule has 0 aliphatic carbocycles. The van der Waals surface area contributed by atoms with Crippen LogP contribution in [0.5, 0.6) is 5.75 Å². The molecule has 0 bridgehead atoms. The average Bonchev–Trinajstić information content (AvgIpc) is 3.00. The fourth-order valence-electron chi connectivity index (χ4n) is 1.97. The summed E-state index contributed by atoms with van der Waals surface area (Å²) in [5.41, 5.74) is 1.51. The van der Waals surface area contributed by atoms with Crippen molar-refractivity contribution in [3.63, 3.8) is 0 Å². The van der Waals surface area contributed by atoms with Gasteiger partial charge in [0.2, 0.25) is 5.91 Å². The van der Waals surface area contributed by atoms with Crippen LogP contribution < -0.4 is 15.4 Å². The lowest BCUT2D eigenvalue weighted by atomic mass is 10.2. The van der Waals surface area contributed by atoms with Crippen molar-refractivity contribution in [1.29, 1.82) is 0 Å². The number of ether oxygens (including phenoxy) is 1. The lowest BCUT2D eigenvalue weighted by Crippen LogP contribution is -2.21. The summed E-state index contributed by atoms with van der Waals surface area (Å²) in [6.45, 7) is 3.04. The predicted molar refractivity (Wildman–Crippen MR) is 86.4 cm³/mol. The van der Waals surface area contributed by atoms with E-state index in [1.165, 1.54) is 0 Å². The van der Waals surface area contributed by atoms with Crippen LogP contribution in [0.25, 0.3) is 0 Å². The molecule has 1 aromatic heterocycles. The molecule has 0 unspecified atom stereocenters. The van der Waals surface area contributed by atoms with Gasteiger partial charge in [-0.2, -0.15) is 0 Å². The van der Waals surface area contributed by atoms with Gasteiger partial charge in [-0.25, -0.2) is 0 Å². The fraction of sp³-hybridized carbons (Fsp3) is 0.312. The largest absolute Gasteiger partial charge is 0.495 e. The van der Waals surface area contributed by atoms with Crippen molar-refractivity contribution in [3.8, 4) is 5.75 Å². The van der Waals surface area contributed by atoms with Crippen molar-refractivity contribution >= 4 is 23.2 Å². The van der Waals surface area contributed by atoms with Crippen LogP contribution in [-0.4, -0.2) is 19.6 Å². The first-order valence-corrected chi connectivity index (χ1v) is 7.35. The van der Waals surface area contributed by atoms with Gasteiger partial charge in [-0.1, -0.05) is 11.6 Å². The number of halogens is 1. The maximum atomic E-state index is 12.0. The second kappa shape index (κ2) is 7.87. The number of carbonyl (C=O) groups excluding carboxylic acids is 1. The lowest BCUT2D eigenvalue weighted by Gasteiger charge is -2.12. The normalized spacial score (nSPS) is 10.5. The molecule has 1 amide bonds. The Morgan fingerprint density at radius 3 is 2.91 bits per heavy atom. The Labute approximate surface area is 134 Å². The summed E-state index contributed by atoms with van der Waals surface area (Å²) in [6, 6.07) is 7.21. The molecular weight excluding hydrogens is 304 g/mol. The van der Waals surface area contributed by atoms with Crippen molar-refractivity contribution in [1.82, 2.24) is 5.32 Å². The van der Waals surface area contributed by atoms with Crippen LogP contribution in [0.3, 0.4) is 0 Å². The number of carbonyl (C=O) groups is 1. The van der Waals surface area contributed by atoms with Crippen molar-refractivity contribution in [2.45, 2.75) is 19.9 Å². The molecule has 2 rings (SSSR count). The number of hydrogen-bond acceptors (Lipinski definition) is 4. The van der Waals surface area contributed by atoms with Crippen LogP contribution in [0, 0.1) is 6.92 Å². The van der Waals surface area contributed by atoms with E-state index in [0.717, 1.165) is 11.3 Å². The molecule has 118 valence electrons. The van der Waals surface area contributed by atoms with Crippen molar-refractivity contribution < 1.29 is 13.9 Å². The van der Waals surface area contributed by atoms with Gasteiger partial charge in [-0.3, -0.25) is 4.79 Å². The highest BCUT2D eigenvalue weighted by Crippen LogP contribution is 2.30. The highest BCUT2D eigenvalue weighted by molar-refractivity contribution is 6.31. The summed E-state index contributed by atoms with van der Waals surface area (Å²) in [5.74, 6) is 1.30. The van der Waals surface area contributed by atoms with Gasteiger partial charge in [0.25, 0.3) is 0 Å². The Balaban J connectivity index is 1.82. The molecule has 6 heteroatoms. The minimum absolute atomic E-state index is 0.0908. The average molecular weight is 323 g/mol. The Kier molecular flexibility index (Phi) is 5.86. The standard InChI is InChI=1S/C16H19ClN2O3/c1-11-8-14(15(21-2)9-13(11)17)19-16(20)5-6-18-10-12-4-3-7-22-12/h3-4,7-9,18H,5-6,10H2,1-2H3,(H,19,20). The lowest BCUT2D eigenvalue weighted by molar-refractivity contribution is -0.116. The zero-order valence-electron chi connectivity index (χ0n) is 12.6. The third-order valence-corrected chi connectivity index (χ3v) is 3.57. The van der Waals surface area contributed by atoms with E-state index < -0.39 is 0 Å². The number of amides is 1. The number of nitrogens with one attached hydrogen (secondary N) is 2. The summed E-state index contributed by atoms with van der Waals surface area (Å²) < 4.78 is 10.4. The van der Waals surface area contributed by atoms with E-state index in [-0.39, 0.29) is 5.91 Å². The second-order valence-electron chi connectivity index (χ2n) is 4.86. The van der Waals surface area contributed by atoms with Crippen LogP contribution in [0.4, 0.5) is 5.69 Å². The molecule has 0 spiro atoms. The molecule has 2 aromatic rings. The number of hydrogen-bond donors (Lipinski definition) is 2. The predicted octanol–water partition coefficient (Wildman–Crippen LogP) is 3.37. The molecule has 22 heavy (non-hydrogen) atoms. The highest BCUT2D eigenvalue weighted by atomic mass is 35.5. The summed E-state index contributed by atoms with van der Waals surface area (Å²) >= 11 is 6.04. The topological polar surface area (TPSA) is 63.5 Å². The number of furan rings is 1. The van der Waals surface area contributed by atoms with Gasteiger partial charge in [-0.05, 0) is 30.7 Å². The molecule has 0 atom stereocenters. The molecule has 0 saturated carbocycles. The second-order valence-corrected chi connectivity index (χ2v) is 5.26. The van der Waals surface area contributed by atoms with Crippen molar-refractivity contribution in [3.05, 3.63) is 46.9 Å². The Morgan fingerprint density at radius 1 is 1.41 bits per heavy atom. The molecule has 5 nitrogen and oxygen atoms in total. The van der Waals surface area contributed by atoms with E-state index in [9.17, 15) is 4.79 Å². The maximum absolute atomic E-state index is 12.0. The van der Waals surface area contributed by atoms with E-state index in [2.05, 4.69) is 10.6 Å². The van der Waals surface area contributed by atoms with E-state index in [0.29, 0.717) is 36.0 Å². The number of aryl methyl sites for hydroxylation is 1. The molecule has 1 heterocycles. The summed E-state index contributed by atoms with van der Waals surface area (Å²) in [5, 5.41) is 6.59. The quantitative estimate of drug-likeness (QED) is 0.767. The monoisotopic (exact) mass is 322 g/mol. The summed E-state index contributed by atoms with van der Waals surface area (Å²) in [6.07, 6.45) is 1.98. The summed E-state index contributed by atoms with van der Waals surface area (Å²) in [4.78, 5) is 12.0. The van der Waals surface area contributed by atoms with Crippen LogP contribution in [0.1, 0.15) is 17.7 Å². The van der Waals surface area contributed by atoms with Crippen LogP contribution in [0.2, 0.25) is 5.02 Å². The highest BCUT2D eigenvalue weighted by Gasteiger charge is 2.10. The number of benzene rings is 1. The van der Waals surface area contributed by atoms with Crippen LogP contribution in [-0.2, 0) is 11.3 Å². The SMILES string of the molecule is COc1cc(Cl)c(C)cc1NC(=O)CCNCc1ccco1. The number of rotatable bonds is 7. The molecule has 0 aliphatic heterocycles. The first-order chi connectivity index (χ1) is 10.6. The van der Waals surface area contributed by atoms with Gasteiger partial charge in [-0.15, -0.1) is 0 Å². The fourth-order valence-corrected chi connectivity index (χ4v) is 2.12. The van der Waals surface area contributed by atoms with Gasteiger partial charge < -0.3 is 19.8 Å². The van der Waals surface area contributed by atoms with Crippen LogP contribution >= 0.6 is 11.6 Å². The van der Waals surface area contributed by atoms with Gasteiger partial charge in [0.05, 0.1) is 25.6 Å². The van der Waals surface area contributed by atoms with E-state index in [4.69, 9.17) is 20.8 Å². The zero-order valence-corrected chi connectivity index (χ0v) is 13.4. The number of anilines is 1. The first kappa shape index (κ1) is 16.4. The van der Waals surface area contributed by atoms with Gasteiger partial charge in [0.15, 0.2) is 0 Å². The maximum Gasteiger partial charge on any atom is 0.225 e. The Bertz CT molecular complexity index is 627. The molecule has 1 aromatic carbocycles. The minimum Gasteiger partial charge on any atom is -0.495 e. The van der Waals surface area contributed by atoms with Gasteiger partial charge >= 0.3 is 0 Å². The molecule has 0 radical (unpaired) electrons. The van der Waals surface area contributed by atoms with Crippen LogP contribution in [0.15, 0.2) is 34.9 Å². The molecule has 0 aliphatic rings. The molecule has 2 N–H and O–H groups in total. The first-order valence-electron chi connectivity index (χ1n) is 6.97. The zero-order chi connectivity index (χ0) is 15.9. The summed E-state index contributed by atoms with van der Waals surface area (Å²) in [7, 11) is 1.54. The van der Waals surface area contributed by atoms with Crippen molar-refractivity contribution in [2.75, 3.05) is 19.0 Å². The third kappa shape index (κ3) is 4.51. The van der Waals surface area contributed by atoms with E-state index >= 15 is 0 Å².